The van der Waals surface area contributed by atoms with Crippen molar-refractivity contribution >= 4 is 0 Å². The molecule has 23 heavy (non-hydrogen) atoms. The quantitative estimate of drug-likeness (QED) is 0.558. The van der Waals surface area contributed by atoms with Crippen LogP contribution >= 0.6 is 0 Å². The summed E-state index contributed by atoms with van der Waals surface area (Å²) in [5.74, 6) is 1.08. The van der Waals surface area contributed by atoms with Gasteiger partial charge in [-0.25, -0.2) is 0 Å². The van der Waals surface area contributed by atoms with Crippen molar-refractivity contribution < 1.29 is 9.47 Å². The number of hydrogen-bond donors (Lipinski definition) is 0. The van der Waals surface area contributed by atoms with Gasteiger partial charge in [-0.1, -0.05) is 46.0 Å². The third-order valence-corrected chi connectivity index (χ3v) is 5.81. The molecule has 132 valence electrons. The molecule has 0 radical (unpaired) electrons. The summed E-state index contributed by atoms with van der Waals surface area (Å²) in [4.78, 5) is 0. The summed E-state index contributed by atoms with van der Waals surface area (Å²) in [5, 5.41) is 9.68. The van der Waals surface area contributed by atoms with Gasteiger partial charge in [0.05, 0.1) is 24.7 Å². The monoisotopic (exact) mass is 321 g/mol. The molecule has 0 atom stereocenters. The molecule has 0 spiro atoms. The van der Waals surface area contributed by atoms with Crippen LogP contribution in [0.15, 0.2) is 0 Å². The van der Waals surface area contributed by atoms with Crippen molar-refractivity contribution in [2.75, 3.05) is 13.2 Å². The van der Waals surface area contributed by atoms with Crippen molar-refractivity contribution in [2.24, 2.45) is 17.3 Å². The van der Waals surface area contributed by atoms with Crippen LogP contribution in [-0.2, 0) is 9.47 Å². The Morgan fingerprint density at radius 3 is 2.26 bits per heavy atom. The summed E-state index contributed by atoms with van der Waals surface area (Å²) in [5.41, 5.74) is -0.0658. The molecule has 0 aromatic rings. The molecule has 3 heteroatoms. The largest absolute Gasteiger partial charge is 0.352 e. The number of unbranched alkanes of at least 4 members (excludes halogenated alkanes) is 3. The van der Waals surface area contributed by atoms with Gasteiger partial charge in [0, 0.05) is 11.8 Å². The first-order chi connectivity index (χ1) is 11.2. The summed E-state index contributed by atoms with van der Waals surface area (Å²) < 4.78 is 12.0. The first kappa shape index (κ1) is 18.7. The Morgan fingerprint density at radius 1 is 1.00 bits per heavy atom. The van der Waals surface area contributed by atoms with E-state index >= 15 is 0 Å². The minimum Gasteiger partial charge on any atom is -0.352 e. The summed E-state index contributed by atoms with van der Waals surface area (Å²) in [6.07, 6.45) is 12.8. The predicted molar refractivity (Wildman–Crippen MR) is 92.9 cm³/mol. The molecular formula is C20H35NO2. The molecule has 2 rings (SSSR count). The number of nitrogens with zero attached hydrogens (tertiary/aromatic N) is 1. The van der Waals surface area contributed by atoms with Gasteiger partial charge >= 0.3 is 0 Å². The van der Waals surface area contributed by atoms with Gasteiger partial charge in [-0.2, -0.15) is 5.26 Å². The zero-order valence-electron chi connectivity index (χ0n) is 15.2. The first-order valence-electron chi connectivity index (χ1n) is 9.87. The lowest BCUT2D eigenvalue weighted by Gasteiger charge is -2.40. The number of hydrogen-bond acceptors (Lipinski definition) is 3. The lowest BCUT2D eigenvalue weighted by atomic mass is 9.68. The molecule has 0 amide bonds. The molecule has 1 saturated heterocycles. The molecule has 1 saturated carbocycles. The molecule has 0 bridgehead atoms. The molecule has 2 fully saturated rings. The molecule has 2 aliphatic rings. The third kappa shape index (κ3) is 5.47. The van der Waals surface area contributed by atoms with E-state index in [0.717, 1.165) is 45.3 Å². The van der Waals surface area contributed by atoms with E-state index in [4.69, 9.17) is 9.47 Å². The summed E-state index contributed by atoms with van der Waals surface area (Å²) in [6.45, 7) is 6.17. The smallest absolute Gasteiger partial charge is 0.160 e. The fourth-order valence-electron chi connectivity index (χ4n) is 4.18. The maximum absolute atomic E-state index is 9.68. The Morgan fingerprint density at radius 2 is 1.70 bits per heavy atom. The fraction of sp³-hybridized carbons (Fsp3) is 0.950. The van der Waals surface area contributed by atoms with E-state index in [-0.39, 0.29) is 11.7 Å². The van der Waals surface area contributed by atoms with Crippen LogP contribution in [0.25, 0.3) is 0 Å². The topological polar surface area (TPSA) is 42.2 Å². The Kier molecular flexibility index (Phi) is 7.86. The second kappa shape index (κ2) is 9.64. The minimum atomic E-state index is -0.0658. The Bertz CT molecular complexity index is 360. The second-order valence-electron chi connectivity index (χ2n) is 7.73. The second-order valence-corrected chi connectivity index (χ2v) is 7.73. The van der Waals surface area contributed by atoms with Gasteiger partial charge in [0.1, 0.15) is 0 Å². The minimum absolute atomic E-state index is 0.0140. The summed E-state index contributed by atoms with van der Waals surface area (Å²) in [7, 11) is 0. The van der Waals surface area contributed by atoms with E-state index in [1.54, 1.807) is 0 Å². The van der Waals surface area contributed by atoms with Crippen molar-refractivity contribution in [2.45, 2.75) is 90.8 Å². The van der Waals surface area contributed by atoms with Gasteiger partial charge in [0.15, 0.2) is 6.29 Å². The lowest BCUT2D eigenvalue weighted by molar-refractivity contribution is -0.231. The first-order valence-corrected chi connectivity index (χ1v) is 9.87. The lowest BCUT2D eigenvalue weighted by Crippen LogP contribution is -2.40. The standard InChI is InChI=1S/C20H35NO2/c1-3-5-6-7-11-20(16-21)12-9-18(10-13-20)19-22-14-17(8-4-2)15-23-19/h17-19H,3-15H2,1-2H3/t17?,18-,19?,20+. The maximum atomic E-state index is 9.68. The highest BCUT2D eigenvalue weighted by Crippen LogP contribution is 2.44. The van der Waals surface area contributed by atoms with Crippen molar-refractivity contribution in [1.29, 1.82) is 5.26 Å². The number of nitriles is 1. The predicted octanol–water partition coefficient (Wildman–Crippen LogP) is 5.45. The van der Waals surface area contributed by atoms with Gasteiger partial charge in [-0.3, -0.25) is 0 Å². The van der Waals surface area contributed by atoms with E-state index in [1.165, 1.54) is 38.5 Å². The van der Waals surface area contributed by atoms with Gasteiger partial charge < -0.3 is 9.47 Å². The van der Waals surface area contributed by atoms with Crippen LogP contribution in [0.5, 0.6) is 0 Å². The van der Waals surface area contributed by atoms with Gasteiger partial charge in [-0.05, 0) is 38.5 Å². The molecule has 1 heterocycles. The van der Waals surface area contributed by atoms with Crippen LogP contribution in [0.2, 0.25) is 0 Å². The van der Waals surface area contributed by atoms with E-state index in [1.807, 2.05) is 0 Å². The molecule has 1 aliphatic heterocycles. The van der Waals surface area contributed by atoms with Crippen LogP contribution in [-0.4, -0.2) is 19.5 Å². The zero-order chi connectivity index (χ0) is 16.5. The molecule has 0 aromatic carbocycles. The van der Waals surface area contributed by atoms with Gasteiger partial charge in [0.25, 0.3) is 0 Å². The highest BCUT2D eigenvalue weighted by molar-refractivity contribution is 5.01. The molecule has 3 nitrogen and oxygen atoms in total. The van der Waals surface area contributed by atoms with E-state index in [9.17, 15) is 5.26 Å². The average Bonchev–Trinajstić information content (AvgIpc) is 2.60. The van der Waals surface area contributed by atoms with Crippen molar-refractivity contribution in [1.82, 2.24) is 0 Å². The van der Waals surface area contributed by atoms with E-state index in [0.29, 0.717) is 11.8 Å². The van der Waals surface area contributed by atoms with Crippen molar-refractivity contribution in [3.05, 3.63) is 0 Å². The highest BCUT2D eigenvalue weighted by Gasteiger charge is 2.39. The normalized spacial score (nSPS) is 34.9. The van der Waals surface area contributed by atoms with Crippen LogP contribution in [0.1, 0.15) is 84.5 Å². The highest BCUT2D eigenvalue weighted by atomic mass is 16.7. The average molecular weight is 322 g/mol. The molecular weight excluding hydrogens is 286 g/mol. The van der Waals surface area contributed by atoms with Gasteiger partial charge in [-0.15, -0.1) is 0 Å². The Hall–Kier alpha value is -0.590. The molecule has 0 aromatic heterocycles. The summed E-state index contributed by atoms with van der Waals surface area (Å²) >= 11 is 0. The zero-order valence-corrected chi connectivity index (χ0v) is 15.2. The fourth-order valence-corrected chi connectivity index (χ4v) is 4.18. The molecule has 1 aliphatic carbocycles. The van der Waals surface area contributed by atoms with Crippen molar-refractivity contribution in [3.8, 4) is 6.07 Å². The Balaban J connectivity index is 1.73. The number of rotatable bonds is 8. The van der Waals surface area contributed by atoms with Crippen LogP contribution < -0.4 is 0 Å². The molecule has 0 N–H and O–H groups in total. The third-order valence-electron chi connectivity index (χ3n) is 5.81. The van der Waals surface area contributed by atoms with Gasteiger partial charge in [0.2, 0.25) is 0 Å². The Labute approximate surface area is 142 Å². The van der Waals surface area contributed by atoms with Crippen LogP contribution in [0, 0.1) is 28.6 Å². The summed E-state index contributed by atoms with van der Waals surface area (Å²) in [6, 6.07) is 2.66. The van der Waals surface area contributed by atoms with E-state index in [2.05, 4.69) is 19.9 Å². The maximum Gasteiger partial charge on any atom is 0.160 e. The number of ether oxygens (including phenoxy) is 2. The van der Waals surface area contributed by atoms with Crippen LogP contribution in [0.3, 0.4) is 0 Å². The SMILES string of the molecule is CCCCCC[C@]1(C#N)CC[C@@H](C2OCC(CCC)CO2)CC1. The van der Waals surface area contributed by atoms with Crippen LogP contribution in [0.4, 0.5) is 0 Å². The molecule has 0 unspecified atom stereocenters. The van der Waals surface area contributed by atoms with Crippen molar-refractivity contribution in [3.63, 3.8) is 0 Å². The van der Waals surface area contributed by atoms with E-state index < -0.39 is 0 Å².